The zero-order valence-corrected chi connectivity index (χ0v) is 13.4. The minimum absolute atomic E-state index is 0.178. The second-order valence-corrected chi connectivity index (χ2v) is 6.15. The third kappa shape index (κ3) is 3.65. The Morgan fingerprint density at radius 3 is 2.50 bits per heavy atom. The Kier molecular flexibility index (Phi) is 5.55. The van der Waals surface area contributed by atoms with E-state index in [2.05, 4.69) is 5.32 Å². The molecule has 0 saturated heterocycles. The summed E-state index contributed by atoms with van der Waals surface area (Å²) >= 11 is 0. The second kappa shape index (κ2) is 7.40. The lowest BCUT2D eigenvalue weighted by Crippen LogP contribution is -2.33. The topological polar surface area (TPSA) is 75.4 Å². The zero-order chi connectivity index (χ0) is 16.1. The lowest BCUT2D eigenvalue weighted by Gasteiger charge is -2.15. The van der Waals surface area contributed by atoms with Gasteiger partial charge in [0, 0.05) is 18.8 Å². The van der Waals surface area contributed by atoms with Gasteiger partial charge in [-0.1, -0.05) is 20.3 Å². The minimum atomic E-state index is -0.180. The molecule has 0 spiro atoms. The summed E-state index contributed by atoms with van der Waals surface area (Å²) in [6, 6.07) is 5.41. The summed E-state index contributed by atoms with van der Waals surface area (Å²) in [5.41, 5.74) is 7.38. The highest BCUT2D eigenvalue weighted by atomic mass is 16.2. The molecule has 0 fully saturated rings. The van der Waals surface area contributed by atoms with Gasteiger partial charge in [0.1, 0.15) is 0 Å². The maximum absolute atomic E-state index is 12.4. The van der Waals surface area contributed by atoms with E-state index in [0.717, 1.165) is 38.0 Å². The number of nitrogens with two attached hydrogens (primary N) is 1. The number of rotatable bonds is 8. The molecule has 5 nitrogen and oxygen atoms in total. The molecular weight excluding hydrogens is 278 g/mol. The highest BCUT2D eigenvalue weighted by molar-refractivity contribution is 6.21. The summed E-state index contributed by atoms with van der Waals surface area (Å²) in [5.74, 6) is -0.0916. The van der Waals surface area contributed by atoms with Gasteiger partial charge in [0.05, 0.1) is 11.1 Å². The first-order chi connectivity index (χ1) is 10.5. The molecule has 120 valence electrons. The van der Waals surface area contributed by atoms with Crippen molar-refractivity contribution < 1.29 is 9.59 Å². The third-order valence-electron chi connectivity index (χ3n) is 3.73. The van der Waals surface area contributed by atoms with E-state index in [1.54, 1.807) is 12.1 Å². The predicted molar refractivity (Wildman–Crippen MR) is 88.0 cm³/mol. The van der Waals surface area contributed by atoms with Crippen LogP contribution in [-0.2, 0) is 0 Å². The van der Waals surface area contributed by atoms with Gasteiger partial charge in [-0.3, -0.25) is 14.5 Å². The number of nitrogens with one attached hydrogen (secondary N) is 1. The van der Waals surface area contributed by atoms with Gasteiger partial charge in [0.2, 0.25) is 0 Å². The Morgan fingerprint density at radius 2 is 1.82 bits per heavy atom. The smallest absolute Gasteiger partial charge is 0.261 e. The molecule has 0 saturated carbocycles. The van der Waals surface area contributed by atoms with Crippen LogP contribution < -0.4 is 11.1 Å². The van der Waals surface area contributed by atoms with Crippen molar-refractivity contribution in [2.24, 2.45) is 11.7 Å². The number of hydrogen-bond acceptors (Lipinski definition) is 4. The van der Waals surface area contributed by atoms with Crippen LogP contribution in [0.3, 0.4) is 0 Å². The number of carbonyl (C=O) groups is 2. The van der Waals surface area contributed by atoms with Gasteiger partial charge in [-0.15, -0.1) is 0 Å². The number of unbranched alkanes of at least 4 members (excludes halogenated alkanes) is 2. The third-order valence-corrected chi connectivity index (χ3v) is 3.73. The fourth-order valence-corrected chi connectivity index (χ4v) is 2.61. The van der Waals surface area contributed by atoms with Gasteiger partial charge >= 0.3 is 0 Å². The fraction of sp³-hybridized carbons (Fsp3) is 0.529. The van der Waals surface area contributed by atoms with Gasteiger partial charge in [-0.2, -0.15) is 0 Å². The maximum Gasteiger partial charge on any atom is 0.261 e. The van der Waals surface area contributed by atoms with Crippen molar-refractivity contribution in [1.29, 1.82) is 0 Å². The van der Waals surface area contributed by atoms with Crippen molar-refractivity contribution >= 4 is 17.5 Å². The average Bonchev–Trinajstić information content (AvgIpc) is 2.72. The summed E-state index contributed by atoms with van der Waals surface area (Å²) < 4.78 is 0. The number of fused-ring (bicyclic) bond motifs is 1. The molecule has 1 aromatic rings. The van der Waals surface area contributed by atoms with Crippen molar-refractivity contribution in [3.63, 3.8) is 0 Å². The Hall–Kier alpha value is -1.88. The summed E-state index contributed by atoms with van der Waals surface area (Å²) in [6.07, 6.45) is 3.16. The first kappa shape index (κ1) is 16.5. The van der Waals surface area contributed by atoms with Crippen molar-refractivity contribution in [3.8, 4) is 0 Å². The number of nitrogens with zero attached hydrogens (tertiary/aromatic N) is 1. The number of carbonyl (C=O) groups excluding carboxylic acids is 2. The van der Waals surface area contributed by atoms with Crippen LogP contribution in [0.4, 0.5) is 5.69 Å². The molecule has 0 bridgehead atoms. The van der Waals surface area contributed by atoms with Gasteiger partial charge in [-0.25, -0.2) is 0 Å². The van der Waals surface area contributed by atoms with Crippen molar-refractivity contribution in [2.45, 2.75) is 33.1 Å². The number of amides is 2. The summed E-state index contributed by atoms with van der Waals surface area (Å²) in [4.78, 5) is 26.0. The Labute approximate surface area is 131 Å². The van der Waals surface area contributed by atoms with Crippen LogP contribution in [0.1, 0.15) is 53.8 Å². The van der Waals surface area contributed by atoms with Crippen molar-refractivity contribution in [1.82, 2.24) is 4.90 Å². The summed E-state index contributed by atoms with van der Waals surface area (Å²) in [5, 5.41) is 3.30. The number of anilines is 1. The Bertz CT molecular complexity index is 555. The molecule has 22 heavy (non-hydrogen) atoms. The molecule has 5 heteroatoms. The maximum atomic E-state index is 12.4. The molecule has 1 heterocycles. The average molecular weight is 303 g/mol. The van der Waals surface area contributed by atoms with Crippen molar-refractivity contribution in [3.05, 3.63) is 29.3 Å². The molecule has 1 aliphatic rings. The largest absolute Gasteiger partial charge is 0.385 e. The van der Waals surface area contributed by atoms with Gasteiger partial charge in [-0.05, 0) is 43.5 Å². The quantitative estimate of drug-likeness (QED) is 0.571. The monoisotopic (exact) mass is 303 g/mol. The predicted octanol–water partition coefficient (Wildman–Crippen LogP) is 2.48. The normalized spacial score (nSPS) is 13.9. The first-order valence-electron chi connectivity index (χ1n) is 7.98. The molecule has 2 amide bonds. The second-order valence-electron chi connectivity index (χ2n) is 6.15. The number of imide groups is 1. The minimum Gasteiger partial charge on any atom is -0.385 e. The van der Waals surface area contributed by atoms with E-state index in [-0.39, 0.29) is 17.7 Å². The molecule has 3 N–H and O–H groups in total. The van der Waals surface area contributed by atoms with Gasteiger partial charge in [0.25, 0.3) is 11.8 Å². The number of hydrogen-bond donors (Lipinski definition) is 2. The van der Waals surface area contributed by atoms with Gasteiger partial charge in [0.15, 0.2) is 0 Å². The number of benzene rings is 1. The summed E-state index contributed by atoms with van der Waals surface area (Å²) in [6.45, 7) is 6.03. The fourth-order valence-electron chi connectivity index (χ4n) is 2.61. The molecule has 1 aromatic carbocycles. The van der Waals surface area contributed by atoms with Gasteiger partial charge < -0.3 is 11.1 Å². The SMILES string of the molecule is CC(C)CN1C(=O)c2ccc(NCCCCCN)cc2C1=O. The summed E-state index contributed by atoms with van der Waals surface area (Å²) in [7, 11) is 0. The van der Waals surface area contributed by atoms with E-state index in [4.69, 9.17) is 5.73 Å². The molecule has 0 unspecified atom stereocenters. The lowest BCUT2D eigenvalue weighted by atomic mass is 10.1. The highest BCUT2D eigenvalue weighted by Crippen LogP contribution is 2.26. The Balaban J connectivity index is 2.02. The van der Waals surface area contributed by atoms with E-state index in [1.807, 2.05) is 19.9 Å². The van der Waals surface area contributed by atoms with Crippen LogP contribution in [0.2, 0.25) is 0 Å². The molecule has 0 radical (unpaired) electrons. The van der Waals surface area contributed by atoms with Crippen LogP contribution in [0.15, 0.2) is 18.2 Å². The van der Waals surface area contributed by atoms with E-state index in [0.29, 0.717) is 17.7 Å². The standard InChI is InChI=1S/C17H25N3O2/c1-12(2)11-20-16(21)14-7-6-13(10-15(14)17(20)22)19-9-5-3-4-8-18/h6-7,10,12,19H,3-5,8-9,11,18H2,1-2H3. The molecule has 2 rings (SSSR count). The molecule has 0 aliphatic carbocycles. The van der Waals surface area contributed by atoms with Crippen LogP contribution in [-0.4, -0.2) is 36.3 Å². The van der Waals surface area contributed by atoms with Crippen LogP contribution >= 0.6 is 0 Å². The van der Waals surface area contributed by atoms with Crippen LogP contribution in [0.25, 0.3) is 0 Å². The Morgan fingerprint density at radius 1 is 1.09 bits per heavy atom. The van der Waals surface area contributed by atoms with E-state index >= 15 is 0 Å². The van der Waals surface area contributed by atoms with E-state index in [9.17, 15) is 9.59 Å². The van der Waals surface area contributed by atoms with Crippen LogP contribution in [0.5, 0.6) is 0 Å². The highest BCUT2D eigenvalue weighted by Gasteiger charge is 2.35. The van der Waals surface area contributed by atoms with E-state index < -0.39 is 0 Å². The van der Waals surface area contributed by atoms with Crippen molar-refractivity contribution in [2.75, 3.05) is 25.0 Å². The lowest BCUT2D eigenvalue weighted by molar-refractivity contribution is 0.0636. The first-order valence-corrected chi connectivity index (χ1v) is 7.98. The molecule has 0 atom stereocenters. The molecular formula is C17H25N3O2. The van der Waals surface area contributed by atoms with E-state index in [1.165, 1.54) is 4.90 Å². The van der Waals surface area contributed by atoms with Crippen LogP contribution in [0, 0.1) is 5.92 Å². The molecule has 1 aliphatic heterocycles. The zero-order valence-electron chi connectivity index (χ0n) is 13.4. The molecule has 0 aromatic heterocycles.